The van der Waals surface area contributed by atoms with Crippen LogP contribution in [-0.2, 0) is 21.6 Å². The van der Waals surface area contributed by atoms with Crippen molar-refractivity contribution in [1.82, 2.24) is 14.9 Å². The van der Waals surface area contributed by atoms with E-state index < -0.39 is 0 Å². The van der Waals surface area contributed by atoms with Crippen LogP contribution in [0, 0.1) is 5.92 Å². The number of hydrogen-bond acceptors (Lipinski definition) is 5. The van der Waals surface area contributed by atoms with Crippen LogP contribution < -0.4 is 4.90 Å². The van der Waals surface area contributed by atoms with E-state index in [0.29, 0.717) is 18.4 Å². The molecule has 1 amide bonds. The number of nitrogens with zero attached hydrogens (tertiary/aromatic N) is 4. The van der Waals surface area contributed by atoms with Crippen molar-refractivity contribution in [2.24, 2.45) is 5.92 Å². The molecule has 2 aliphatic heterocycles. The molecule has 1 spiro atoms. The molecule has 6 heteroatoms. The zero-order valence-electron chi connectivity index (χ0n) is 17.2. The summed E-state index contributed by atoms with van der Waals surface area (Å²) in [4.78, 5) is 26.4. The minimum Gasteiger partial charge on any atom is -0.368 e. The van der Waals surface area contributed by atoms with E-state index >= 15 is 0 Å². The van der Waals surface area contributed by atoms with Crippen LogP contribution in [0.15, 0.2) is 36.5 Å². The summed E-state index contributed by atoms with van der Waals surface area (Å²) < 4.78 is 6.32. The fourth-order valence-corrected chi connectivity index (χ4v) is 4.86. The molecule has 0 bridgehead atoms. The number of likely N-dealkylation sites (tertiary alicyclic amines) is 1. The van der Waals surface area contributed by atoms with E-state index in [4.69, 9.17) is 9.72 Å². The van der Waals surface area contributed by atoms with Crippen molar-refractivity contribution in [1.29, 1.82) is 0 Å². The number of hydrogen-bond donors (Lipinski definition) is 0. The van der Waals surface area contributed by atoms with Crippen molar-refractivity contribution in [3.63, 3.8) is 0 Å². The molecule has 2 aromatic rings. The van der Waals surface area contributed by atoms with Gasteiger partial charge in [-0.25, -0.2) is 9.97 Å². The molecule has 1 aromatic carbocycles. The minimum absolute atomic E-state index is 0.147. The average Bonchev–Trinajstić information content (AvgIpc) is 3.55. The summed E-state index contributed by atoms with van der Waals surface area (Å²) >= 11 is 0. The first-order valence-corrected chi connectivity index (χ1v) is 10.6. The van der Waals surface area contributed by atoms with Crippen molar-refractivity contribution in [3.8, 4) is 0 Å². The van der Waals surface area contributed by atoms with Gasteiger partial charge in [-0.3, -0.25) is 4.79 Å². The number of fused-ring (bicyclic) bond motifs is 2. The summed E-state index contributed by atoms with van der Waals surface area (Å²) in [6.07, 6.45) is 5.39. The molecule has 2 atom stereocenters. The summed E-state index contributed by atoms with van der Waals surface area (Å²) in [6, 6.07) is 10.4. The lowest BCUT2D eigenvalue weighted by Crippen LogP contribution is -2.49. The van der Waals surface area contributed by atoms with Gasteiger partial charge in [0.2, 0.25) is 11.9 Å². The largest absolute Gasteiger partial charge is 0.368 e. The second kappa shape index (κ2) is 7.10. The Labute approximate surface area is 171 Å². The predicted molar refractivity (Wildman–Crippen MR) is 111 cm³/mol. The lowest BCUT2D eigenvalue weighted by atomic mass is 9.83. The van der Waals surface area contributed by atoms with Crippen molar-refractivity contribution in [3.05, 3.63) is 53.3 Å². The highest BCUT2D eigenvalue weighted by molar-refractivity contribution is 5.83. The van der Waals surface area contributed by atoms with Crippen LogP contribution in [0.3, 0.4) is 0 Å². The summed E-state index contributed by atoms with van der Waals surface area (Å²) in [5.74, 6) is 1.56. The number of carbonyl (C=O) groups is 1. The van der Waals surface area contributed by atoms with Gasteiger partial charge in [0.05, 0.1) is 12.3 Å². The molecule has 3 heterocycles. The van der Waals surface area contributed by atoms with E-state index in [1.807, 2.05) is 36.2 Å². The topological polar surface area (TPSA) is 58.6 Å². The molecule has 0 N–H and O–H groups in total. The van der Waals surface area contributed by atoms with Crippen LogP contribution in [0.1, 0.15) is 42.0 Å². The number of ether oxygens (including phenoxy) is 1. The van der Waals surface area contributed by atoms with E-state index in [9.17, 15) is 4.79 Å². The third-order valence-electron chi connectivity index (χ3n) is 6.65. The van der Waals surface area contributed by atoms with Gasteiger partial charge in [-0.1, -0.05) is 30.3 Å². The molecular formula is C23H28N4O2. The number of aromatic nitrogens is 2. The van der Waals surface area contributed by atoms with E-state index in [2.05, 4.69) is 29.2 Å². The highest BCUT2D eigenvalue weighted by Gasteiger charge is 2.49. The minimum atomic E-state index is -0.375. The third-order valence-corrected chi connectivity index (χ3v) is 6.65. The molecule has 0 unspecified atom stereocenters. The van der Waals surface area contributed by atoms with Gasteiger partial charge in [0, 0.05) is 39.3 Å². The number of amides is 1. The first-order chi connectivity index (χ1) is 14.1. The predicted octanol–water partition coefficient (Wildman–Crippen LogP) is 2.74. The van der Waals surface area contributed by atoms with Crippen molar-refractivity contribution < 1.29 is 9.53 Å². The molecule has 152 valence electrons. The number of piperidine rings is 1. The Hall–Kier alpha value is -2.47. The third kappa shape index (κ3) is 3.29. The van der Waals surface area contributed by atoms with Gasteiger partial charge in [0.1, 0.15) is 5.60 Å². The Morgan fingerprint density at radius 1 is 1.21 bits per heavy atom. The second-order valence-corrected chi connectivity index (χ2v) is 8.72. The SMILES string of the molecule is CN(C)c1ncc2c(n1)C1(CCN(C(=O)[C@@H]3C[C@H]3c3ccccc3)CC1)OCC2. The van der Waals surface area contributed by atoms with E-state index in [1.54, 1.807) is 0 Å². The van der Waals surface area contributed by atoms with Crippen LogP contribution >= 0.6 is 0 Å². The molecule has 29 heavy (non-hydrogen) atoms. The van der Waals surface area contributed by atoms with Crippen LogP contribution in [-0.4, -0.2) is 54.6 Å². The summed E-state index contributed by atoms with van der Waals surface area (Å²) in [6.45, 7) is 2.17. The van der Waals surface area contributed by atoms with Gasteiger partial charge in [-0.05, 0) is 42.7 Å². The molecular weight excluding hydrogens is 364 g/mol. The smallest absolute Gasteiger partial charge is 0.226 e. The normalized spacial score (nSPS) is 24.8. The Bertz CT molecular complexity index is 906. The van der Waals surface area contributed by atoms with Gasteiger partial charge >= 0.3 is 0 Å². The van der Waals surface area contributed by atoms with Crippen LogP contribution in [0.5, 0.6) is 0 Å². The zero-order valence-corrected chi connectivity index (χ0v) is 17.2. The van der Waals surface area contributed by atoms with Gasteiger partial charge in [0.25, 0.3) is 0 Å². The van der Waals surface area contributed by atoms with Crippen LogP contribution in [0.4, 0.5) is 5.95 Å². The number of carbonyl (C=O) groups excluding carboxylic acids is 1. The number of rotatable bonds is 3. The van der Waals surface area contributed by atoms with Crippen molar-refractivity contribution in [2.45, 2.75) is 37.2 Å². The van der Waals surface area contributed by atoms with Gasteiger partial charge in [-0.15, -0.1) is 0 Å². The van der Waals surface area contributed by atoms with Gasteiger partial charge in [0.15, 0.2) is 0 Å². The standard InChI is InChI=1S/C23H28N4O2/c1-26(2)22-24-15-17-8-13-29-23(20(17)25-22)9-11-27(12-10-23)21(28)19-14-18(19)16-6-4-3-5-7-16/h3-7,15,18-19H,8-14H2,1-2H3/t18-,19+/m0/s1. The Morgan fingerprint density at radius 2 is 1.97 bits per heavy atom. The Morgan fingerprint density at radius 3 is 2.69 bits per heavy atom. The van der Waals surface area contributed by atoms with E-state index in [-0.39, 0.29) is 11.5 Å². The fraction of sp³-hybridized carbons (Fsp3) is 0.522. The zero-order chi connectivity index (χ0) is 20.0. The van der Waals surface area contributed by atoms with E-state index in [1.165, 1.54) is 11.1 Å². The lowest BCUT2D eigenvalue weighted by molar-refractivity contribution is -0.142. The molecule has 5 rings (SSSR count). The maximum atomic E-state index is 13.1. The van der Waals surface area contributed by atoms with Gasteiger partial charge in [-0.2, -0.15) is 0 Å². The number of anilines is 1. The summed E-state index contributed by atoms with van der Waals surface area (Å²) in [5.41, 5.74) is 3.13. The Balaban J connectivity index is 1.29. The molecule has 1 aliphatic carbocycles. The van der Waals surface area contributed by atoms with Crippen molar-refractivity contribution in [2.75, 3.05) is 38.7 Å². The van der Waals surface area contributed by atoms with Crippen LogP contribution in [0.25, 0.3) is 0 Å². The van der Waals surface area contributed by atoms with Gasteiger partial charge < -0.3 is 14.5 Å². The second-order valence-electron chi connectivity index (χ2n) is 8.72. The number of benzene rings is 1. The summed E-state index contributed by atoms with van der Waals surface area (Å²) in [5, 5.41) is 0. The maximum Gasteiger partial charge on any atom is 0.226 e. The monoisotopic (exact) mass is 392 g/mol. The van der Waals surface area contributed by atoms with Crippen molar-refractivity contribution >= 4 is 11.9 Å². The quantitative estimate of drug-likeness (QED) is 0.804. The Kier molecular flexibility index (Phi) is 4.54. The fourth-order valence-electron chi connectivity index (χ4n) is 4.86. The molecule has 0 radical (unpaired) electrons. The highest BCUT2D eigenvalue weighted by Crippen LogP contribution is 2.49. The average molecular weight is 393 g/mol. The first-order valence-electron chi connectivity index (χ1n) is 10.6. The lowest BCUT2D eigenvalue weighted by Gasteiger charge is -2.44. The molecule has 6 nitrogen and oxygen atoms in total. The molecule has 1 aromatic heterocycles. The molecule has 2 fully saturated rings. The highest BCUT2D eigenvalue weighted by atomic mass is 16.5. The van der Waals surface area contributed by atoms with Crippen LogP contribution in [0.2, 0.25) is 0 Å². The molecule has 1 saturated carbocycles. The first kappa shape index (κ1) is 18.6. The summed E-state index contributed by atoms with van der Waals surface area (Å²) in [7, 11) is 3.91. The molecule has 1 saturated heterocycles. The maximum absolute atomic E-state index is 13.1. The molecule has 3 aliphatic rings. The van der Waals surface area contributed by atoms with E-state index in [0.717, 1.165) is 50.4 Å².